The molecular weight excluding hydrogens is 328 g/mol. The molecule has 1 aromatic heterocycles. The van der Waals surface area contributed by atoms with Gasteiger partial charge in [-0.05, 0) is 43.9 Å². The summed E-state index contributed by atoms with van der Waals surface area (Å²) in [5, 5.41) is 0. The molecule has 1 amide bonds. The Morgan fingerprint density at radius 1 is 1.52 bits per heavy atom. The van der Waals surface area contributed by atoms with Crippen LogP contribution in [0.5, 0.6) is 5.75 Å². The molecule has 2 heterocycles. The highest BCUT2D eigenvalue weighted by Crippen LogP contribution is 2.32. The number of carbonyl (C=O) groups is 1. The molecule has 3 rings (SSSR count). The van der Waals surface area contributed by atoms with Crippen LogP contribution in [0.2, 0.25) is 0 Å². The van der Waals surface area contributed by atoms with Crippen LogP contribution in [-0.4, -0.2) is 41.2 Å². The maximum atomic E-state index is 12.3. The largest absolute Gasteiger partial charge is 0.494 e. The number of likely N-dealkylation sites (tertiary alicyclic amines) is 1. The second-order valence-electron chi connectivity index (χ2n) is 5.92. The normalized spacial score (nSPS) is 18.3. The number of rotatable bonds is 5. The number of fused-ring (bicyclic) bond motifs is 1. The molecule has 1 aliphatic rings. The molecule has 23 heavy (non-hydrogen) atoms. The van der Waals surface area contributed by atoms with E-state index in [0.717, 1.165) is 39.8 Å². The number of hydrogen-bond acceptors (Lipinski definition) is 5. The Hall–Kier alpha value is -1.27. The van der Waals surface area contributed by atoms with Crippen LogP contribution >= 0.6 is 23.1 Å². The predicted octanol–water partition coefficient (Wildman–Crippen LogP) is 4.05. The maximum Gasteiger partial charge on any atom is 0.233 e. The van der Waals surface area contributed by atoms with Crippen molar-refractivity contribution in [3.8, 4) is 5.75 Å². The van der Waals surface area contributed by atoms with Gasteiger partial charge >= 0.3 is 0 Å². The zero-order valence-corrected chi connectivity index (χ0v) is 15.2. The van der Waals surface area contributed by atoms with Crippen molar-refractivity contribution in [3.05, 3.63) is 18.2 Å². The highest BCUT2D eigenvalue weighted by atomic mass is 32.2. The molecule has 0 radical (unpaired) electrons. The molecule has 0 aliphatic carbocycles. The summed E-state index contributed by atoms with van der Waals surface area (Å²) in [6, 6.07) is 5.95. The van der Waals surface area contributed by atoms with Crippen LogP contribution in [0.15, 0.2) is 22.5 Å². The molecule has 124 valence electrons. The number of hydrogen-bond donors (Lipinski definition) is 0. The lowest BCUT2D eigenvalue weighted by Crippen LogP contribution is -2.40. The van der Waals surface area contributed by atoms with Gasteiger partial charge in [-0.3, -0.25) is 4.79 Å². The first-order chi connectivity index (χ1) is 11.2. The van der Waals surface area contributed by atoms with E-state index in [1.165, 1.54) is 6.42 Å². The number of benzene rings is 1. The van der Waals surface area contributed by atoms with Crippen molar-refractivity contribution in [3.63, 3.8) is 0 Å². The molecule has 4 nitrogen and oxygen atoms in total. The summed E-state index contributed by atoms with van der Waals surface area (Å²) in [4.78, 5) is 18.9. The first kappa shape index (κ1) is 16.6. The number of ether oxygens (including phenoxy) is 1. The van der Waals surface area contributed by atoms with Gasteiger partial charge < -0.3 is 9.64 Å². The van der Waals surface area contributed by atoms with Crippen molar-refractivity contribution in [2.45, 2.75) is 31.0 Å². The van der Waals surface area contributed by atoms with Crippen LogP contribution in [0.3, 0.4) is 0 Å². The van der Waals surface area contributed by atoms with Crippen molar-refractivity contribution in [1.29, 1.82) is 0 Å². The number of thioether (sulfide) groups is 1. The number of piperidine rings is 1. The fourth-order valence-corrected chi connectivity index (χ4v) is 4.83. The summed E-state index contributed by atoms with van der Waals surface area (Å²) in [5.74, 6) is 2.21. The lowest BCUT2D eigenvalue weighted by Gasteiger charge is -2.30. The molecule has 0 spiro atoms. The second kappa shape index (κ2) is 7.53. The fraction of sp³-hybridized carbons (Fsp3) is 0.529. The zero-order chi connectivity index (χ0) is 16.2. The van der Waals surface area contributed by atoms with Crippen molar-refractivity contribution >= 4 is 39.2 Å². The van der Waals surface area contributed by atoms with Gasteiger partial charge in [0.1, 0.15) is 5.75 Å². The Labute approximate surface area is 145 Å². The fourth-order valence-electron chi connectivity index (χ4n) is 2.83. The Balaban J connectivity index is 1.61. The lowest BCUT2D eigenvalue weighted by molar-refractivity contribution is -0.130. The Morgan fingerprint density at radius 2 is 2.39 bits per heavy atom. The molecule has 2 aromatic rings. The Morgan fingerprint density at radius 3 is 3.17 bits per heavy atom. The number of aromatic nitrogens is 1. The van der Waals surface area contributed by atoms with Crippen LogP contribution in [-0.2, 0) is 4.79 Å². The average molecular weight is 351 g/mol. The van der Waals surface area contributed by atoms with Crippen molar-refractivity contribution in [1.82, 2.24) is 9.88 Å². The van der Waals surface area contributed by atoms with Gasteiger partial charge in [-0.2, -0.15) is 0 Å². The van der Waals surface area contributed by atoms with Gasteiger partial charge in [0, 0.05) is 13.1 Å². The van der Waals surface area contributed by atoms with E-state index in [9.17, 15) is 4.79 Å². The van der Waals surface area contributed by atoms with E-state index < -0.39 is 0 Å². The molecule has 0 N–H and O–H groups in total. The van der Waals surface area contributed by atoms with E-state index in [1.54, 1.807) is 23.1 Å². The van der Waals surface area contributed by atoms with E-state index in [0.29, 0.717) is 18.3 Å². The summed E-state index contributed by atoms with van der Waals surface area (Å²) in [7, 11) is 0. The summed E-state index contributed by atoms with van der Waals surface area (Å²) in [5.41, 5.74) is 0.972. The van der Waals surface area contributed by atoms with Crippen LogP contribution in [0.4, 0.5) is 0 Å². The molecule has 0 saturated carbocycles. The molecule has 0 bridgehead atoms. The zero-order valence-electron chi connectivity index (χ0n) is 13.6. The molecule has 1 unspecified atom stereocenters. The Kier molecular flexibility index (Phi) is 5.43. The topological polar surface area (TPSA) is 42.4 Å². The van der Waals surface area contributed by atoms with Crippen molar-refractivity contribution in [2.75, 3.05) is 25.4 Å². The predicted molar refractivity (Wildman–Crippen MR) is 96.5 cm³/mol. The van der Waals surface area contributed by atoms with Gasteiger partial charge in [-0.1, -0.05) is 18.7 Å². The molecule has 1 saturated heterocycles. The van der Waals surface area contributed by atoms with Crippen LogP contribution in [0.25, 0.3) is 10.2 Å². The minimum absolute atomic E-state index is 0.232. The smallest absolute Gasteiger partial charge is 0.233 e. The number of nitrogens with zero attached hydrogens (tertiary/aromatic N) is 2. The van der Waals surface area contributed by atoms with Crippen molar-refractivity contribution < 1.29 is 9.53 Å². The molecule has 6 heteroatoms. The van der Waals surface area contributed by atoms with E-state index in [-0.39, 0.29) is 5.91 Å². The summed E-state index contributed by atoms with van der Waals surface area (Å²) in [6.07, 6.45) is 2.36. The standard InChI is InChI=1S/C17H22N2O2S2/c1-3-21-13-6-7-14-15(9-13)23-17(18-14)22-11-16(20)19-8-4-5-12(2)10-19/h6-7,9,12H,3-5,8,10-11H2,1-2H3. The third-order valence-electron chi connectivity index (χ3n) is 3.98. The van der Waals surface area contributed by atoms with Gasteiger partial charge in [0.15, 0.2) is 4.34 Å². The summed E-state index contributed by atoms with van der Waals surface area (Å²) in [6.45, 7) is 6.66. The van der Waals surface area contributed by atoms with Gasteiger partial charge in [0.2, 0.25) is 5.91 Å². The van der Waals surface area contributed by atoms with Gasteiger partial charge in [-0.15, -0.1) is 11.3 Å². The minimum atomic E-state index is 0.232. The van der Waals surface area contributed by atoms with Crippen LogP contribution in [0.1, 0.15) is 26.7 Å². The second-order valence-corrected chi connectivity index (χ2v) is 8.17. The van der Waals surface area contributed by atoms with E-state index in [1.807, 2.05) is 30.0 Å². The molecule has 1 aromatic carbocycles. The van der Waals surface area contributed by atoms with E-state index in [4.69, 9.17) is 4.74 Å². The molecule has 1 fully saturated rings. The van der Waals surface area contributed by atoms with Crippen LogP contribution < -0.4 is 4.74 Å². The number of amides is 1. The quantitative estimate of drug-likeness (QED) is 0.763. The number of carbonyl (C=O) groups excluding carboxylic acids is 1. The molecule has 1 atom stereocenters. The third-order valence-corrected chi connectivity index (χ3v) is 6.13. The highest BCUT2D eigenvalue weighted by molar-refractivity contribution is 8.01. The minimum Gasteiger partial charge on any atom is -0.494 e. The van der Waals surface area contributed by atoms with Gasteiger partial charge in [-0.25, -0.2) is 4.98 Å². The molecular formula is C17H22N2O2S2. The van der Waals surface area contributed by atoms with Gasteiger partial charge in [0.05, 0.1) is 22.6 Å². The molecule has 1 aliphatic heterocycles. The van der Waals surface area contributed by atoms with Crippen LogP contribution in [0, 0.1) is 5.92 Å². The maximum absolute atomic E-state index is 12.3. The Bertz CT molecular complexity index is 686. The monoisotopic (exact) mass is 350 g/mol. The van der Waals surface area contributed by atoms with Crippen molar-refractivity contribution in [2.24, 2.45) is 5.92 Å². The number of thiazole rings is 1. The lowest BCUT2D eigenvalue weighted by atomic mass is 10.0. The van der Waals surface area contributed by atoms with E-state index >= 15 is 0 Å². The summed E-state index contributed by atoms with van der Waals surface area (Å²) >= 11 is 3.17. The third kappa shape index (κ3) is 4.18. The van der Waals surface area contributed by atoms with Gasteiger partial charge in [0.25, 0.3) is 0 Å². The first-order valence-corrected chi connectivity index (χ1v) is 9.90. The highest BCUT2D eigenvalue weighted by Gasteiger charge is 2.21. The SMILES string of the molecule is CCOc1ccc2nc(SCC(=O)N3CCCC(C)C3)sc2c1. The summed E-state index contributed by atoms with van der Waals surface area (Å²) < 4.78 is 7.58. The van der Waals surface area contributed by atoms with E-state index in [2.05, 4.69) is 11.9 Å². The average Bonchev–Trinajstić information content (AvgIpc) is 2.95. The first-order valence-electron chi connectivity index (χ1n) is 8.09.